The summed E-state index contributed by atoms with van der Waals surface area (Å²) >= 11 is 0. The first-order valence-corrected chi connectivity index (χ1v) is 6.34. The van der Waals surface area contributed by atoms with Crippen LogP contribution in [0.1, 0.15) is 18.9 Å². The van der Waals surface area contributed by atoms with E-state index in [0.717, 1.165) is 12.1 Å². The Morgan fingerprint density at radius 2 is 2.05 bits per heavy atom. The molecule has 5 nitrogen and oxygen atoms in total. The lowest BCUT2D eigenvalue weighted by Crippen LogP contribution is -2.26. The minimum absolute atomic E-state index is 0.00227. The van der Waals surface area contributed by atoms with Crippen molar-refractivity contribution in [3.63, 3.8) is 0 Å². The summed E-state index contributed by atoms with van der Waals surface area (Å²) in [6.07, 6.45) is 0.168. The first kappa shape index (κ1) is 14.5. The molecule has 1 heterocycles. The second-order valence-electron chi connectivity index (χ2n) is 5.01. The number of hydrogen-bond donors (Lipinski definition) is 3. The van der Waals surface area contributed by atoms with Crippen LogP contribution in [-0.4, -0.2) is 35.3 Å². The molecule has 0 saturated carbocycles. The molecule has 1 saturated heterocycles. The Hall–Kier alpha value is -1.89. The SMILES string of the molecule is CC(O)C1CCN(c2c(F)cc(C(N)=NO)cc2F)C1. The van der Waals surface area contributed by atoms with Gasteiger partial charge in [0.25, 0.3) is 0 Å². The number of hydrogen-bond acceptors (Lipinski definition) is 4. The largest absolute Gasteiger partial charge is 0.409 e. The zero-order valence-corrected chi connectivity index (χ0v) is 11.1. The van der Waals surface area contributed by atoms with Gasteiger partial charge in [-0.1, -0.05) is 5.16 Å². The van der Waals surface area contributed by atoms with Gasteiger partial charge in [0, 0.05) is 24.6 Å². The summed E-state index contributed by atoms with van der Waals surface area (Å²) in [7, 11) is 0. The average molecular weight is 285 g/mol. The van der Waals surface area contributed by atoms with Gasteiger partial charge in [-0.05, 0) is 25.5 Å². The highest BCUT2D eigenvalue weighted by Crippen LogP contribution is 2.31. The normalized spacial score (nSPS) is 21.3. The molecular weight excluding hydrogens is 268 g/mol. The summed E-state index contributed by atoms with van der Waals surface area (Å²) in [4.78, 5) is 1.57. The molecule has 1 aliphatic rings. The minimum Gasteiger partial charge on any atom is -0.409 e. The van der Waals surface area contributed by atoms with Crippen LogP contribution in [-0.2, 0) is 0 Å². The van der Waals surface area contributed by atoms with Gasteiger partial charge in [-0.25, -0.2) is 8.78 Å². The van der Waals surface area contributed by atoms with Crippen molar-refractivity contribution in [1.82, 2.24) is 0 Å². The third-order valence-electron chi connectivity index (χ3n) is 3.64. The average Bonchev–Trinajstić information content (AvgIpc) is 2.86. The lowest BCUT2D eigenvalue weighted by molar-refractivity contribution is 0.136. The lowest BCUT2D eigenvalue weighted by atomic mass is 10.0. The summed E-state index contributed by atoms with van der Waals surface area (Å²) in [5, 5.41) is 20.8. The van der Waals surface area contributed by atoms with Gasteiger partial charge in [0.1, 0.15) is 17.3 Å². The van der Waals surface area contributed by atoms with Gasteiger partial charge in [-0.2, -0.15) is 0 Å². The van der Waals surface area contributed by atoms with E-state index in [4.69, 9.17) is 10.9 Å². The highest BCUT2D eigenvalue weighted by atomic mass is 19.1. The highest BCUT2D eigenvalue weighted by molar-refractivity contribution is 5.97. The molecule has 4 N–H and O–H groups in total. The monoisotopic (exact) mass is 285 g/mol. The molecule has 1 aromatic rings. The molecule has 7 heteroatoms. The number of rotatable bonds is 3. The zero-order valence-electron chi connectivity index (χ0n) is 11.1. The Bertz CT molecular complexity index is 511. The number of oxime groups is 1. The third kappa shape index (κ3) is 2.67. The van der Waals surface area contributed by atoms with E-state index in [-0.39, 0.29) is 23.0 Å². The van der Waals surface area contributed by atoms with Crippen LogP contribution in [0.25, 0.3) is 0 Å². The number of aliphatic hydroxyl groups is 1. The first-order valence-electron chi connectivity index (χ1n) is 6.34. The number of nitrogens with zero attached hydrogens (tertiary/aromatic N) is 2. The quantitative estimate of drug-likeness (QED) is 0.338. The molecule has 0 amide bonds. The fraction of sp³-hybridized carbons (Fsp3) is 0.462. The molecule has 1 aliphatic heterocycles. The maximum atomic E-state index is 14.1. The lowest BCUT2D eigenvalue weighted by Gasteiger charge is -2.21. The summed E-state index contributed by atoms with van der Waals surface area (Å²) < 4.78 is 28.1. The predicted octanol–water partition coefficient (Wildman–Crippen LogP) is 1.27. The smallest absolute Gasteiger partial charge is 0.170 e. The van der Waals surface area contributed by atoms with Crippen LogP contribution in [0.3, 0.4) is 0 Å². The van der Waals surface area contributed by atoms with Crippen molar-refractivity contribution in [3.05, 3.63) is 29.3 Å². The molecule has 0 radical (unpaired) electrons. The van der Waals surface area contributed by atoms with Crippen molar-refractivity contribution >= 4 is 11.5 Å². The molecular formula is C13H17F2N3O2. The number of nitrogens with two attached hydrogens (primary N) is 1. The van der Waals surface area contributed by atoms with Crippen molar-refractivity contribution in [2.45, 2.75) is 19.4 Å². The van der Waals surface area contributed by atoms with Gasteiger partial charge in [-0.3, -0.25) is 0 Å². The Labute approximate surface area is 115 Å². The van der Waals surface area contributed by atoms with Gasteiger partial charge in [0.2, 0.25) is 0 Å². The number of anilines is 1. The van der Waals surface area contributed by atoms with E-state index in [1.165, 1.54) is 0 Å². The van der Waals surface area contributed by atoms with Crippen LogP contribution < -0.4 is 10.6 Å². The van der Waals surface area contributed by atoms with Gasteiger partial charge in [-0.15, -0.1) is 0 Å². The molecule has 0 aromatic heterocycles. The number of aliphatic hydroxyl groups excluding tert-OH is 1. The van der Waals surface area contributed by atoms with Crippen molar-refractivity contribution in [3.8, 4) is 0 Å². The maximum absolute atomic E-state index is 14.1. The Kier molecular flexibility index (Phi) is 4.08. The van der Waals surface area contributed by atoms with Gasteiger partial charge in [0.05, 0.1) is 6.10 Å². The Balaban J connectivity index is 2.30. The number of halogens is 2. The van der Waals surface area contributed by atoms with E-state index in [0.29, 0.717) is 19.5 Å². The van der Waals surface area contributed by atoms with Crippen molar-refractivity contribution in [2.24, 2.45) is 16.8 Å². The number of amidine groups is 1. The molecule has 2 rings (SSSR count). The van der Waals surface area contributed by atoms with E-state index in [2.05, 4.69) is 5.16 Å². The van der Waals surface area contributed by atoms with Crippen LogP contribution >= 0.6 is 0 Å². The predicted molar refractivity (Wildman–Crippen MR) is 70.9 cm³/mol. The molecule has 20 heavy (non-hydrogen) atoms. The first-order chi connectivity index (χ1) is 9.43. The summed E-state index contributed by atoms with van der Waals surface area (Å²) in [6.45, 7) is 2.54. The van der Waals surface area contributed by atoms with E-state index in [1.807, 2.05) is 0 Å². The molecule has 2 unspecified atom stereocenters. The van der Waals surface area contributed by atoms with Crippen LogP contribution in [0.2, 0.25) is 0 Å². The summed E-state index contributed by atoms with van der Waals surface area (Å²) in [5.41, 5.74) is 5.16. The Morgan fingerprint density at radius 3 is 2.50 bits per heavy atom. The highest BCUT2D eigenvalue weighted by Gasteiger charge is 2.29. The van der Waals surface area contributed by atoms with Gasteiger partial charge >= 0.3 is 0 Å². The molecule has 110 valence electrons. The van der Waals surface area contributed by atoms with E-state index < -0.39 is 17.7 Å². The second-order valence-corrected chi connectivity index (χ2v) is 5.01. The van der Waals surface area contributed by atoms with Crippen molar-refractivity contribution in [2.75, 3.05) is 18.0 Å². The van der Waals surface area contributed by atoms with Gasteiger partial charge < -0.3 is 20.9 Å². The fourth-order valence-electron chi connectivity index (χ4n) is 2.46. The third-order valence-corrected chi connectivity index (χ3v) is 3.64. The van der Waals surface area contributed by atoms with Crippen LogP contribution in [0.4, 0.5) is 14.5 Å². The van der Waals surface area contributed by atoms with Gasteiger partial charge in [0.15, 0.2) is 5.84 Å². The van der Waals surface area contributed by atoms with Crippen LogP contribution in [0.15, 0.2) is 17.3 Å². The molecule has 0 bridgehead atoms. The van der Waals surface area contributed by atoms with Crippen molar-refractivity contribution in [1.29, 1.82) is 0 Å². The van der Waals surface area contributed by atoms with Crippen molar-refractivity contribution < 1.29 is 19.1 Å². The van der Waals surface area contributed by atoms with Crippen LogP contribution in [0.5, 0.6) is 0 Å². The zero-order chi connectivity index (χ0) is 14.9. The fourth-order valence-corrected chi connectivity index (χ4v) is 2.46. The standard InChI is InChI=1S/C13H17F2N3O2/c1-7(19)8-2-3-18(6-8)12-10(14)4-9(5-11(12)15)13(16)17-20/h4-5,7-8,19-20H,2-3,6H2,1H3,(H2,16,17). The summed E-state index contributed by atoms with van der Waals surface area (Å²) in [6, 6.07) is 2.06. The molecule has 1 aromatic carbocycles. The van der Waals surface area contributed by atoms with E-state index in [9.17, 15) is 13.9 Å². The maximum Gasteiger partial charge on any atom is 0.170 e. The Morgan fingerprint density at radius 1 is 1.45 bits per heavy atom. The molecule has 0 aliphatic carbocycles. The van der Waals surface area contributed by atoms with E-state index >= 15 is 0 Å². The van der Waals surface area contributed by atoms with Crippen LogP contribution in [0, 0.1) is 17.6 Å². The topological polar surface area (TPSA) is 82.1 Å². The van der Waals surface area contributed by atoms with E-state index in [1.54, 1.807) is 11.8 Å². The molecule has 0 spiro atoms. The second kappa shape index (κ2) is 5.62. The minimum atomic E-state index is -0.766. The summed E-state index contributed by atoms with van der Waals surface area (Å²) in [5.74, 6) is -1.88. The molecule has 1 fully saturated rings. The molecule has 2 atom stereocenters. The number of benzene rings is 1.